The molecule has 0 aromatic heterocycles. The molecule has 0 radical (unpaired) electrons. The minimum absolute atomic E-state index is 0.268. The minimum atomic E-state index is -0.414. The summed E-state index contributed by atoms with van der Waals surface area (Å²) in [4.78, 5) is 16.0. The van der Waals surface area contributed by atoms with Gasteiger partial charge in [0.2, 0.25) is 0 Å². The number of esters is 1. The molecular weight excluding hydrogens is 209 g/mol. The first kappa shape index (κ1) is 10.8. The highest BCUT2D eigenvalue weighted by Crippen LogP contribution is 2.10. The van der Waals surface area contributed by atoms with Crippen LogP contribution in [0.4, 0.5) is 4.39 Å². The number of nitrogens with zero attached hydrogens (tertiary/aromatic N) is 1. The molecule has 0 bridgehead atoms. The maximum atomic E-state index is 13.1. The molecule has 16 heavy (non-hydrogen) atoms. The van der Waals surface area contributed by atoms with Gasteiger partial charge in [-0.3, -0.25) is 4.99 Å². The van der Waals surface area contributed by atoms with Gasteiger partial charge in [-0.2, -0.15) is 0 Å². The van der Waals surface area contributed by atoms with Crippen LogP contribution < -0.4 is 10.6 Å². The van der Waals surface area contributed by atoms with Crippen molar-refractivity contribution < 1.29 is 13.9 Å². The Morgan fingerprint density at radius 2 is 2.31 bits per heavy atom. The van der Waals surface area contributed by atoms with Gasteiger partial charge in [0.1, 0.15) is 5.82 Å². The highest BCUT2D eigenvalue weighted by atomic mass is 19.1. The summed E-state index contributed by atoms with van der Waals surface area (Å²) in [5.41, 5.74) is 0.441. The van der Waals surface area contributed by atoms with E-state index in [-0.39, 0.29) is 11.9 Å². The minimum Gasteiger partial charge on any atom is -0.463 e. The van der Waals surface area contributed by atoms with Crippen molar-refractivity contribution in [2.24, 2.45) is 4.99 Å². The molecule has 0 spiro atoms. The van der Waals surface area contributed by atoms with Gasteiger partial charge in [-0.05, 0) is 32.0 Å². The largest absolute Gasteiger partial charge is 0.463 e. The van der Waals surface area contributed by atoms with Crippen LogP contribution in [0.25, 0.3) is 5.57 Å². The van der Waals surface area contributed by atoms with Gasteiger partial charge < -0.3 is 4.74 Å². The van der Waals surface area contributed by atoms with Gasteiger partial charge >= 0.3 is 5.97 Å². The number of rotatable bonds is 2. The van der Waals surface area contributed by atoms with E-state index in [1.807, 2.05) is 0 Å². The van der Waals surface area contributed by atoms with E-state index in [0.717, 1.165) is 0 Å². The molecule has 0 saturated carbocycles. The number of halogens is 1. The zero-order valence-electron chi connectivity index (χ0n) is 9.16. The molecule has 1 aromatic rings. The molecular formula is C12H12FNO2. The highest BCUT2D eigenvalue weighted by Gasteiger charge is 2.23. The third-order valence-corrected chi connectivity index (χ3v) is 2.49. The second-order valence-electron chi connectivity index (χ2n) is 3.60. The maximum absolute atomic E-state index is 13.1. The Morgan fingerprint density at radius 3 is 3.00 bits per heavy atom. The standard InChI is InChI=1S/C12H12FNO2/c1-3-16-12(15)11-7(2)14-10-5-4-8(13)6-9(10)11/h4-7H,3H2,1-2H3/t7-/m0/s1. The molecule has 1 aliphatic rings. The van der Waals surface area contributed by atoms with Crippen molar-refractivity contribution in [1.29, 1.82) is 0 Å². The van der Waals surface area contributed by atoms with Gasteiger partial charge in [0.05, 0.1) is 23.6 Å². The van der Waals surface area contributed by atoms with Gasteiger partial charge in [0.25, 0.3) is 0 Å². The van der Waals surface area contributed by atoms with E-state index in [1.54, 1.807) is 19.9 Å². The topological polar surface area (TPSA) is 38.7 Å². The molecule has 0 aliphatic carbocycles. The fourth-order valence-corrected chi connectivity index (χ4v) is 1.82. The van der Waals surface area contributed by atoms with E-state index < -0.39 is 5.97 Å². The van der Waals surface area contributed by atoms with Crippen LogP contribution in [0.1, 0.15) is 13.8 Å². The van der Waals surface area contributed by atoms with Crippen molar-refractivity contribution in [2.45, 2.75) is 19.9 Å². The number of ether oxygens (including phenoxy) is 1. The van der Waals surface area contributed by atoms with E-state index in [9.17, 15) is 9.18 Å². The van der Waals surface area contributed by atoms with Crippen molar-refractivity contribution in [3.05, 3.63) is 34.6 Å². The molecule has 3 nitrogen and oxygen atoms in total. The lowest BCUT2D eigenvalue weighted by Crippen LogP contribution is -2.27. The highest BCUT2D eigenvalue weighted by molar-refractivity contribution is 6.11. The first-order valence-corrected chi connectivity index (χ1v) is 5.18. The van der Waals surface area contributed by atoms with Crippen molar-refractivity contribution in [3.63, 3.8) is 0 Å². The second-order valence-corrected chi connectivity index (χ2v) is 3.60. The van der Waals surface area contributed by atoms with E-state index in [1.165, 1.54) is 12.1 Å². The fourth-order valence-electron chi connectivity index (χ4n) is 1.82. The van der Waals surface area contributed by atoms with Crippen LogP contribution in [0, 0.1) is 5.82 Å². The SMILES string of the molecule is CCOC(=O)C1=c2cc(F)ccc2=N[C@H]1C. The van der Waals surface area contributed by atoms with Crippen LogP contribution in [0.5, 0.6) is 0 Å². The summed E-state index contributed by atoms with van der Waals surface area (Å²) in [6.07, 6.45) is 0. The number of fused-ring (bicyclic) bond motifs is 1. The zero-order valence-corrected chi connectivity index (χ0v) is 9.16. The van der Waals surface area contributed by atoms with Crippen LogP contribution in [-0.2, 0) is 9.53 Å². The number of carbonyl (C=O) groups is 1. The summed E-state index contributed by atoms with van der Waals surface area (Å²) in [6, 6.07) is 3.97. The van der Waals surface area contributed by atoms with Crippen LogP contribution in [0.3, 0.4) is 0 Å². The average Bonchev–Trinajstić information content (AvgIpc) is 2.53. The zero-order chi connectivity index (χ0) is 11.7. The lowest BCUT2D eigenvalue weighted by atomic mass is 10.1. The first-order valence-electron chi connectivity index (χ1n) is 5.18. The van der Waals surface area contributed by atoms with Crippen molar-refractivity contribution >= 4 is 11.5 Å². The van der Waals surface area contributed by atoms with Gasteiger partial charge in [-0.15, -0.1) is 0 Å². The molecule has 0 saturated heterocycles. The molecule has 1 heterocycles. The summed E-state index contributed by atoms with van der Waals surface area (Å²) < 4.78 is 18.0. The lowest BCUT2D eigenvalue weighted by molar-refractivity contribution is -0.136. The third kappa shape index (κ3) is 1.71. The summed E-state index contributed by atoms with van der Waals surface area (Å²) in [7, 11) is 0. The molecule has 1 aliphatic heterocycles. The smallest absolute Gasteiger partial charge is 0.336 e. The van der Waals surface area contributed by atoms with E-state index in [0.29, 0.717) is 22.8 Å². The number of carbonyl (C=O) groups excluding carboxylic acids is 1. The maximum Gasteiger partial charge on any atom is 0.336 e. The normalized spacial score (nSPS) is 17.9. The van der Waals surface area contributed by atoms with Gasteiger partial charge in [0, 0.05) is 5.22 Å². The van der Waals surface area contributed by atoms with Gasteiger partial charge in [-0.1, -0.05) is 0 Å². The Bertz CT molecular complexity index is 551. The van der Waals surface area contributed by atoms with E-state index >= 15 is 0 Å². The monoisotopic (exact) mass is 221 g/mol. The molecule has 0 fully saturated rings. The Kier molecular flexibility index (Phi) is 2.73. The molecule has 0 N–H and O–H groups in total. The quantitative estimate of drug-likeness (QED) is 0.684. The molecule has 4 heteroatoms. The number of benzene rings is 1. The molecule has 1 aromatic carbocycles. The lowest BCUT2D eigenvalue weighted by Gasteiger charge is -2.06. The molecule has 1 atom stereocenters. The molecule has 84 valence electrons. The first-order chi connectivity index (χ1) is 7.63. The molecule has 2 rings (SSSR count). The van der Waals surface area contributed by atoms with Crippen LogP contribution in [0.15, 0.2) is 23.2 Å². The van der Waals surface area contributed by atoms with Crippen LogP contribution in [0.2, 0.25) is 0 Å². The Hall–Kier alpha value is -1.71. The van der Waals surface area contributed by atoms with Gasteiger partial charge in [0.15, 0.2) is 0 Å². The van der Waals surface area contributed by atoms with Crippen LogP contribution >= 0.6 is 0 Å². The second kappa shape index (κ2) is 4.04. The summed E-state index contributed by atoms with van der Waals surface area (Å²) >= 11 is 0. The fraction of sp³-hybridized carbons (Fsp3) is 0.333. The van der Waals surface area contributed by atoms with Crippen molar-refractivity contribution in [1.82, 2.24) is 0 Å². The van der Waals surface area contributed by atoms with Crippen molar-refractivity contribution in [3.8, 4) is 0 Å². The van der Waals surface area contributed by atoms with Crippen LogP contribution in [-0.4, -0.2) is 18.6 Å². The number of hydrogen-bond donors (Lipinski definition) is 0. The Morgan fingerprint density at radius 1 is 1.56 bits per heavy atom. The molecule has 0 unspecified atom stereocenters. The van der Waals surface area contributed by atoms with Gasteiger partial charge in [-0.25, -0.2) is 9.18 Å². The Labute approximate surface area is 92.3 Å². The predicted octanol–water partition coefficient (Wildman–Crippen LogP) is 0.561. The number of hydrogen-bond acceptors (Lipinski definition) is 3. The third-order valence-electron chi connectivity index (χ3n) is 2.49. The average molecular weight is 221 g/mol. The van der Waals surface area contributed by atoms with E-state index in [4.69, 9.17) is 4.74 Å². The summed E-state index contributed by atoms with van der Waals surface area (Å²) in [6.45, 7) is 3.84. The van der Waals surface area contributed by atoms with Crippen molar-refractivity contribution in [2.75, 3.05) is 6.61 Å². The Balaban J connectivity index is 2.62. The van der Waals surface area contributed by atoms with E-state index in [2.05, 4.69) is 4.99 Å². The predicted molar refractivity (Wildman–Crippen MR) is 56.7 cm³/mol. The summed E-state index contributed by atoms with van der Waals surface area (Å²) in [5, 5.41) is 1.20. The molecule has 0 amide bonds. The summed E-state index contributed by atoms with van der Waals surface area (Å²) in [5.74, 6) is -0.784.